The number of nitrogens with one attached hydrogen (secondary N) is 2. The fourth-order valence-corrected chi connectivity index (χ4v) is 4.35. The van der Waals surface area contributed by atoms with E-state index < -0.39 is 48.5 Å². The van der Waals surface area contributed by atoms with Crippen molar-refractivity contribution in [3.8, 4) is 0 Å². The van der Waals surface area contributed by atoms with Crippen molar-refractivity contribution in [3.05, 3.63) is 33.8 Å². The van der Waals surface area contributed by atoms with Crippen LogP contribution in [0, 0.1) is 5.92 Å². The van der Waals surface area contributed by atoms with Crippen molar-refractivity contribution in [2.45, 2.75) is 38.4 Å². The van der Waals surface area contributed by atoms with Gasteiger partial charge in [0.25, 0.3) is 11.9 Å². The van der Waals surface area contributed by atoms with Gasteiger partial charge in [0, 0.05) is 11.0 Å². The fraction of sp³-hybridized carbons (Fsp3) is 0.474. The molecule has 0 saturated carbocycles. The van der Waals surface area contributed by atoms with Crippen molar-refractivity contribution in [1.82, 2.24) is 10.6 Å². The zero-order valence-electron chi connectivity index (χ0n) is 17.7. The summed E-state index contributed by atoms with van der Waals surface area (Å²) in [5.41, 5.74) is 0.134. The molecule has 2 amide bonds. The van der Waals surface area contributed by atoms with Gasteiger partial charge >= 0.3 is 12.7 Å². The first kappa shape index (κ1) is 24.3. The van der Waals surface area contributed by atoms with Crippen LogP contribution in [0.5, 0.6) is 0 Å². The van der Waals surface area contributed by atoms with E-state index in [2.05, 4.69) is 10.6 Å². The molecule has 0 radical (unpaired) electrons. The van der Waals surface area contributed by atoms with E-state index in [1.165, 1.54) is 24.5 Å². The molecule has 0 aliphatic carbocycles. The van der Waals surface area contributed by atoms with Gasteiger partial charge in [0.05, 0.1) is 24.2 Å². The maximum atomic E-state index is 12.6. The van der Waals surface area contributed by atoms with Crippen LogP contribution in [-0.4, -0.2) is 62.2 Å². The van der Waals surface area contributed by atoms with Crippen molar-refractivity contribution >= 4 is 53.6 Å². The largest absolute Gasteiger partial charge is 0.612 e. The number of hydrogen-bond acceptors (Lipinski definition) is 7. The molecule has 0 aromatic heterocycles. The number of ether oxygens (including phenoxy) is 1. The predicted octanol–water partition coefficient (Wildman–Crippen LogP) is -0.207. The van der Waals surface area contributed by atoms with E-state index in [0.29, 0.717) is 11.4 Å². The number of quaternary nitrogens is 1. The minimum absolute atomic E-state index is 0.100. The molecule has 2 heterocycles. The van der Waals surface area contributed by atoms with Crippen LogP contribution in [0.1, 0.15) is 30.6 Å². The van der Waals surface area contributed by atoms with E-state index in [9.17, 15) is 19.2 Å². The molecule has 2 fully saturated rings. The lowest BCUT2D eigenvalue weighted by Crippen LogP contribution is -3.08. The summed E-state index contributed by atoms with van der Waals surface area (Å²) >= 11 is 11.9. The van der Waals surface area contributed by atoms with Gasteiger partial charge in [-0.25, -0.2) is 4.79 Å². The molecule has 13 heteroatoms. The van der Waals surface area contributed by atoms with Crippen LogP contribution in [-0.2, 0) is 28.4 Å². The summed E-state index contributed by atoms with van der Waals surface area (Å²) in [6, 6.07) is 3.51. The van der Waals surface area contributed by atoms with Gasteiger partial charge in [-0.2, -0.15) is 0 Å². The Kier molecular flexibility index (Phi) is 7.34. The molecule has 0 spiro atoms. The number of carbonyl (C=O) groups excluding carboxylic acids is 4. The zero-order valence-corrected chi connectivity index (χ0v) is 19.2. The van der Waals surface area contributed by atoms with Gasteiger partial charge in [-0.1, -0.05) is 43.5 Å². The minimum Gasteiger partial charge on any atom is -0.612 e. The number of halogens is 2. The van der Waals surface area contributed by atoms with Gasteiger partial charge in [-0.15, -0.1) is 0 Å². The number of methoxy groups -OCH3 is 1. The molecule has 1 unspecified atom stereocenters. The number of hydrogen-bond donors (Lipinski definition) is 3. The van der Waals surface area contributed by atoms with E-state index in [4.69, 9.17) is 37.2 Å². The number of nitrogens with two attached hydrogens (primary N) is 1. The average Bonchev–Trinajstić information content (AvgIpc) is 3.28. The smallest absolute Gasteiger partial charge is 0.547 e. The molecule has 10 nitrogen and oxygen atoms in total. The highest BCUT2D eigenvalue weighted by atomic mass is 35.5. The van der Waals surface area contributed by atoms with Crippen molar-refractivity contribution < 1.29 is 38.5 Å². The summed E-state index contributed by atoms with van der Waals surface area (Å²) in [4.78, 5) is 49.3. The molecule has 174 valence electrons. The maximum absolute atomic E-state index is 12.6. The summed E-state index contributed by atoms with van der Waals surface area (Å²) in [7, 11) is 1.22. The van der Waals surface area contributed by atoms with Crippen LogP contribution in [0.2, 0.25) is 10.0 Å². The number of amides is 2. The van der Waals surface area contributed by atoms with Crippen molar-refractivity contribution in [3.63, 3.8) is 0 Å². The van der Waals surface area contributed by atoms with E-state index in [1.54, 1.807) is 6.07 Å². The fourth-order valence-electron chi connectivity index (χ4n) is 3.97. The Bertz CT molecular complexity index is 947. The minimum atomic E-state index is -2.40. The first-order valence-electron chi connectivity index (χ1n) is 10.1. The normalized spacial score (nSPS) is 24.8. The summed E-state index contributed by atoms with van der Waals surface area (Å²) in [5, 5.41) is 7.28. The van der Waals surface area contributed by atoms with E-state index in [-0.39, 0.29) is 23.0 Å². The molecule has 2 saturated heterocycles. The SMILES string of the molecule is COC(=O)[C@@H]1[NH2+][B-]2([C@H](CC(C)C)NC(=O)CNC(=O)c3cc(Cl)ccc3Cl)OC(=O)[C@@H]1O2. The van der Waals surface area contributed by atoms with Gasteiger partial charge in [0.1, 0.15) is 0 Å². The molecule has 2 aliphatic rings. The van der Waals surface area contributed by atoms with Crippen LogP contribution in [0.4, 0.5) is 0 Å². The number of carbonyl (C=O) groups is 4. The van der Waals surface area contributed by atoms with Gasteiger partial charge in [-0.05, 0) is 24.1 Å². The van der Waals surface area contributed by atoms with Gasteiger partial charge in [-0.3, -0.25) is 14.4 Å². The molecule has 32 heavy (non-hydrogen) atoms. The summed E-state index contributed by atoms with van der Waals surface area (Å²) in [6.45, 7) is 1.09. The topological polar surface area (TPSA) is 137 Å². The van der Waals surface area contributed by atoms with E-state index >= 15 is 0 Å². The van der Waals surface area contributed by atoms with E-state index in [1.807, 2.05) is 13.8 Å². The van der Waals surface area contributed by atoms with Crippen LogP contribution in [0.3, 0.4) is 0 Å². The highest BCUT2D eigenvalue weighted by Crippen LogP contribution is 2.28. The lowest BCUT2D eigenvalue weighted by molar-refractivity contribution is -0.569. The monoisotopic (exact) mass is 487 g/mol. The summed E-state index contributed by atoms with van der Waals surface area (Å²) in [5.74, 6) is -3.01. The third-order valence-electron chi connectivity index (χ3n) is 5.38. The Hall–Kier alpha value is -2.34. The van der Waals surface area contributed by atoms with Crippen molar-refractivity contribution in [1.29, 1.82) is 0 Å². The highest BCUT2D eigenvalue weighted by Gasteiger charge is 2.66. The molecule has 1 aromatic carbocycles. The molecule has 1 aromatic rings. The number of fused-ring (bicyclic) bond motifs is 2. The third kappa shape index (κ3) is 5.01. The average molecular weight is 488 g/mol. The number of benzene rings is 1. The zero-order chi connectivity index (χ0) is 23.6. The Morgan fingerprint density at radius 2 is 2.00 bits per heavy atom. The molecular formula is C19H24BCl2N3O7. The Labute approximate surface area is 194 Å². The number of esters is 1. The Balaban J connectivity index is 1.69. The highest BCUT2D eigenvalue weighted by molar-refractivity contribution is 6.64. The lowest BCUT2D eigenvalue weighted by Gasteiger charge is -2.37. The van der Waals surface area contributed by atoms with Gasteiger partial charge < -0.3 is 29.9 Å². The predicted molar refractivity (Wildman–Crippen MR) is 115 cm³/mol. The van der Waals surface area contributed by atoms with Gasteiger partial charge in [0.2, 0.25) is 5.91 Å². The Morgan fingerprint density at radius 3 is 2.66 bits per heavy atom. The first-order chi connectivity index (χ1) is 15.1. The molecular weight excluding hydrogens is 464 g/mol. The second-order valence-electron chi connectivity index (χ2n) is 8.18. The lowest BCUT2D eigenvalue weighted by atomic mass is 9.60. The summed E-state index contributed by atoms with van der Waals surface area (Å²) < 4.78 is 16.0. The van der Waals surface area contributed by atoms with Crippen LogP contribution >= 0.6 is 23.2 Å². The third-order valence-corrected chi connectivity index (χ3v) is 5.95. The van der Waals surface area contributed by atoms with Crippen molar-refractivity contribution in [2.75, 3.05) is 13.7 Å². The summed E-state index contributed by atoms with van der Waals surface area (Å²) in [6.07, 6.45) is -0.691. The second-order valence-corrected chi connectivity index (χ2v) is 9.02. The standard InChI is InChI=1S/C19H24BCl2N3O7/c1-9(2)6-13(20-25-15(18(28)30-3)16(31-20)19(29)32-20)24-14(26)8-23-17(27)11-7-10(21)4-5-12(11)22/h4-5,7,9,13,15-16H,6,8,25H2,1-3H3,(H,23,27)(H,24,26)/t13-,15+,16+,20?/m0/s1. The molecule has 4 atom stereocenters. The first-order valence-corrected chi connectivity index (χ1v) is 10.8. The molecule has 2 bridgehead atoms. The Morgan fingerprint density at radius 1 is 1.28 bits per heavy atom. The van der Waals surface area contributed by atoms with Crippen molar-refractivity contribution in [2.24, 2.45) is 5.92 Å². The van der Waals surface area contributed by atoms with Gasteiger partial charge in [0.15, 0.2) is 12.1 Å². The van der Waals surface area contributed by atoms with E-state index in [0.717, 1.165) is 0 Å². The van der Waals surface area contributed by atoms with Crippen LogP contribution < -0.4 is 15.9 Å². The molecule has 3 rings (SSSR count). The second kappa shape index (κ2) is 9.66. The van der Waals surface area contributed by atoms with Crippen LogP contribution in [0.25, 0.3) is 0 Å². The number of rotatable bonds is 8. The molecule has 2 aliphatic heterocycles. The van der Waals surface area contributed by atoms with Crippen LogP contribution in [0.15, 0.2) is 18.2 Å². The molecule has 4 N–H and O–H groups in total. The quantitative estimate of drug-likeness (QED) is 0.341. The maximum Gasteiger partial charge on any atom is 0.547 e.